The third kappa shape index (κ3) is 3.96. The quantitative estimate of drug-likeness (QED) is 0.827. The standard InChI is InChI=1S/C16H28N4O/c1-2-5-16(6-3-8-18-14-16)15(21)20-12-10-19(11-13-20)9-4-7-17/h18H,2-6,8-14H2,1H3. The molecular formula is C16H28N4O. The maximum Gasteiger partial charge on any atom is 0.230 e. The monoisotopic (exact) mass is 292 g/mol. The van der Waals surface area contributed by atoms with Crippen LogP contribution in [0.4, 0.5) is 0 Å². The van der Waals surface area contributed by atoms with Gasteiger partial charge in [0.25, 0.3) is 0 Å². The van der Waals surface area contributed by atoms with Crippen molar-refractivity contribution in [3.63, 3.8) is 0 Å². The van der Waals surface area contributed by atoms with E-state index in [1.165, 1.54) is 0 Å². The topological polar surface area (TPSA) is 59.4 Å². The van der Waals surface area contributed by atoms with Gasteiger partial charge in [-0.2, -0.15) is 5.26 Å². The zero-order valence-corrected chi connectivity index (χ0v) is 13.2. The highest BCUT2D eigenvalue weighted by molar-refractivity contribution is 5.83. The second-order valence-electron chi connectivity index (χ2n) is 6.35. The Kier molecular flexibility index (Phi) is 6.01. The molecule has 0 spiro atoms. The van der Waals surface area contributed by atoms with Gasteiger partial charge in [0.1, 0.15) is 0 Å². The highest BCUT2D eigenvalue weighted by Gasteiger charge is 2.41. The lowest BCUT2D eigenvalue weighted by Gasteiger charge is -2.43. The van der Waals surface area contributed by atoms with Crippen LogP contribution in [0.5, 0.6) is 0 Å². The Morgan fingerprint density at radius 3 is 2.67 bits per heavy atom. The molecule has 1 unspecified atom stereocenters. The van der Waals surface area contributed by atoms with Gasteiger partial charge in [-0.1, -0.05) is 13.3 Å². The summed E-state index contributed by atoms with van der Waals surface area (Å²) in [5.74, 6) is 0.358. The van der Waals surface area contributed by atoms with Gasteiger partial charge in [-0.05, 0) is 25.8 Å². The zero-order chi connectivity index (χ0) is 15.1. The van der Waals surface area contributed by atoms with E-state index in [-0.39, 0.29) is 5.41 Å². The van der Waals surface area contributed by atoms with E-state index in [9.17, 15) is 4.79 Å². The number of amides is 1. The second-order valence-corrected chi connectivity index (χ2v) is 6.35. The minimum Gasteiger partial charge on any atom is -0.340 e. The Morgan fingerprint density at radius 2 is 2.10 bits per heavy atom. The Bertz CT molecular complexity index is 371. The third-order valence-electron chi connectivity index (χ3n) is 4.85. The van der Waals surface area contributed by atoms with Crippen LogP contribution >= 0.6 is 0 Å². The largest absolute Gasteiger partial charge is 0.340 e. The molecule has 2 aliphatic heterocycles. The van der Waals surface area contributed by atoms with Crippen LogP contribution in [-0.4, -0.2) is 61.5 Å². The lowest BCUT2D eigenvalue weighted by atomic mass is 9.75. The molecule has 2 fully saturated rings. The molecule has 1 N–H and O–H groups in total. The predicted octanol–water partition coefficient (Wildman–Crippen LogP) is 1.21. The highest BCUT2D eigenvalue weighted by atomic mass is 16.2. The fraction of sp³-hybridized carbons (Fsp3) is 0.875. The second kappa shape index (κ2) is 7.77. The number of nitrogens with one attached hydrogen (secondary N) is 1. The van der Waals surface area contributed by atoms with Gasteiger partial charge in [0.05, 0.1) is 11.5 Å². The summed E-state index contributed by atoms with van der Waals surface area (Å²) >= 11 is 0. The number of nitriles is 1. The highest BCUT2D eigenvalue weighted by Crippen LogP contribution is 2.34. The van der Waals surface area contributed by atoms with Gasteiger partial charge < -0.3 is 10.2 Å². The maximum atomic E-state index is 13.0. The molecule has 5 heteroatoms. The molecule has 0 aromatic rings. The molecule has 2 aliphatic rings. The number of carbonyl (C=O) groups is 1. The molecular weight excluding hydrogens is 264 g/mol. The first-order chi connectivity index (χ1) is 10.2. The van der Waals surface area contributed by atoms with Gasteiger partial charge in [-0.3, -0.25) is 9.69 Å². The molecule has 118 valence electrons. The van der Waals surface area contributed by atoms with Crippen molar-refractivity contribution in [2.75, 3.05) is 45.8 Å². The third-order valence-corrected chi connectivity index (χ3v) is 4.85. The van der Waals surface area contributed by atoms with Crippen molar-refractivity contribution in [2.24, 2.45) is 5.41 Å². The first-order valence-electron chi connectivity index (χ1n) is 8.31. The smallest absolute Gasteiger partial charge is 0.230 e. The van der Waals surface area contributed by atoms with Crippen molar-refractivity contribution in [1.29, 1.82) is 5.26 Å². The van der Waals surface area contributed by atoms with Gasteiger partial charge in [0, 0.05) is 45.7 Å². The maximum absolute atomic E-state index is 13.0. The molecule has 5 nitrogen and oxygen atoms in total. The predicted molar refractivity (Wildman–Crippen MR) is 82.7 cm³/mol. The average molecular weight is 292 g/mol. The molecule has 0 saturated carbocycles. The van der Waals surface area contributed by atoms with Crippen molar-refractivity contribution < 1.29 is 4.79 Å². The molecule has 0 radical (unpaired) electrons. The van der Waals surface area contributed by atoms with Crippen LogP contribution in [0.2, 0.25) is 0 Å². The summed E-state index contributed by atoms with van der Waals surface area (Å²) in [4.78, 5) is 17.4. The molecule has 0 aliphatic carbocycles. The first kappa shape index (κ1) is 16.3. The SMILES string of the molecule is CCCC1(C(=O)N2CCN(CCC#N)CC2)CCCNC1. The summed E-state index contributed by atoms with van der Waals surface area (Å²) in [6, 6.07) is 2.19. The lowest BCUT2D eigenvalue weighted by Crippen LogP contribution is -2.56. The van der Waals surface area contributed by atoms with E-state index in [2.05, 4.69) is 28.1 Å². The van der Waals surface area contributed by atoms with Crippen molar-refractivity contribution >= 4 is 5.91 Å². The van der Waals surface area contributed by atoms with Crippen LogP contribution in [0, 0.1) is 16.7 Å². The minimum atomic E-state index is -0.165. The molecule has 2 heterocycles. The summed E-state index contributed by atoms with van der Waals surface area (Å²) in [5.41, 5.74) is -0.165. The lowest BCUT2D eigenvalue weighted by molar-refractivity contribution is -0.145. The van der Waals surface area contributed by atoms with E-state index in [1.807, 2.05) is 0 Å². The van der Waals surface area contributed by atoms with Crippen molar-refractivity contribution in [1.82, 2.24) is 15.1 Å². The van der Waals surface area contributed by atoms with E-state index in [4.69, 9.17) is 5.26 Å². The average Bonchev–Trinajstić information content (AvgIpc) is 2.54. The van der Waals surface area contributed by atoms with E-state index in [0.29, 0.717) is 12.3 Å². The summed E-state index contributed by atoms with van der Waals surface area (Å²) in [7, 11) is 0. The molecule has 1 atom stereocenters. The summed E-state index contributed by atoms with van der Waals surface area (Å²) in [5, 5.41) is 12.1. The number of piperazine rings is 1. The summed E-state index contributed by atoms with van der Waals surface area (Å²) in [6.45, 7) is 8.33. The van der Waals surface area contributed by atoms with E-state index < -0.39 is 0 Å². The van der Waals surface area contributed by atoms with Crippen LogP contribution in [0.15, 0.2) is 0 Å². The van der Waals surface area contributed by atoms with Crippen LogP contribution in [-0.2, 0) is 4.79 Å². The van der Waals surface area contributed by atoms with Crippen LogP contribution in [0.3, 0.4) is 0 Å². The van der Waals surface area contributed by atoms with Gasteiger partial charge in [-0.15, -0.1) is 0 Å². The fourth-order valence-corrected chi connectivity index (χ4v) is 3.67. The Balaban J connectivity index is 1.91. The van der Waals surface area contributed by atoms with E-state index in [1.54, 1.807) is 0 Å². The number of nitrogens with zero attached hydrogens (tertiary/aromatic N) is 3. The number of carbonyl (C=O) groups excluding carboxylic acids is 1. The van der Waals surface area contributed by atoms with Crippen molar-refractivity contribution in [3.05, 3.63) is 0 Å². The van der Waals surface area contributed by atoms with Crippen LogP contribution in [0.1, 0.15) is 39.0 Å². The molecule has 21 heavy (non-hydrogen) atoms. The molecule has 1 amide bonds. The van der Waals surface area contributed by atoms with Gasteiger partial charge in [0.2, 0.25) is 5.91 Å². The summed E-state index contributed by atoms with van der Waals surface area (Å²) in [6.07, 6.45) is 4.77. The number of hydrogen-bond acceptors (Lipinski definition) is 4. The Morgan fingerprint density at radius 1 is 1.33 bits per heavy atom. The fourth-order valence-electron chi connectivity index (χ4n) is 3.67. The van der Waals surface area contributed by atoms with Crippen LogP contribution in [0.25, 0.3) is 0 Å². The Hall–Kier alpha value is -1.12. The van der Waals surface area contributed by atoms with Gasteiger partial charge in [0.15, 0.2) is 0 Å². The Labute approximate surface area is 128 Å². The van der Waals surface area contributed by atoms with Crippen LogP contribution < -0.4 is 5.32 Å². The van der Waals surface area contributed by atoms with Crippen molar-refractivity contribution in [3.8, 4) is 6.07 Å². The molecule has 2 rings (SSSR count). The van der Waals surface area contributed by atoms with E-state index in [0.717, 1.165) is 71.5 Å². The number of rotatable bonds is 5. The molecule has 2 saturated heterocycles. The minimum absolute atomic E-state index is 0.165. The number of hydrogen-bond donors (Lipinski definition) is 1. The summed E-state index contributed by atoms with van der Waals surface area (Å²) < 4.78 is 0. The van der Waals surface area contributed by atoms with Crippen molar-refractivity contribution in [2.45, 2.75) is 39.0 Å². The number of piperidine rings is 1. The normalized spacial score (nSPS) is 27.3. The van der Waals surface area contributed by atoms with E-state index >= 15 is 0 Å². The zero-order valence-electron chi connectivity index (χ0n) is 13.2. The first-order valence-corrected chi connectivity index (χ1v) is 8.31. The molecule has 0 aromatic heterocycles. The van der Waals surface area contributed by atoms with Gasteiger partial charge in [-0.25, -0.2) is 0 Å². The molecule has 0 bridgehead atoms. The van der Waals surface area contributed by atoms with Gasteiger partial charge >= 0.3 is 0 Å². The molecule has 0 aromatic carbocycles.